The summed E-state index contributed by atoms with van der Waals surface area (Å²) in [6.07, 6.45) is 5.48. The van der Waals surface area contributed by atoms with Crippen LogP contribution in [0, 0.1) is 0 Å². The molecule has 2 amide bonds. The normalized spacial score (nSPS) is 14.1. The molecule has 1 aliphatic carbocycles. The summed E-state index contributed by atoms with van der Waals surface area (Å²) in [4.78, 5) is 24.9. The van der Waals surface area contributed by atoms with Crippen molar-refractivity contribution >= 4 is 47.2 Å². The summed E-state index contributed by atoms with van der Waals surface area (Å²) >= 11 is 6.19. The predicted molar refractivity (Wildman–Crippen MR) is 112 cm³/mol. The number of halogens is 2. The van der Waals surface area contributed by atoms with Gasteiger partial charge in [0.2, 0.25) is 0 Å². The Kier molecular flexibility index (Phi) is 7.51. The average molecular weight is 408 g/mol. The number of nitrogens with one attached hydrogen (secondary N) is 2. The number of rotatable bonds is 4. The average Bonchev–Trinajstić information content (AvgIpc) is 2.64. The molecule has 0 unspecified atom stereocenters. The summed E-state index contributed by atoms with van der Waals surface area (Å²) in [6.45, 7) is 0. The van der Waals surface area contributed by atoms with E-state index in [0.717, 1.165) is 25.7 Å². The molecular formula is C20H23Cl2N3O2. The Balaban J connectivity index is 0.00000261. The van der Waals surface area contributed by atoms with Crippen LogP contribution in [0.5, 0.6) is 0 Å². The molecule has 4 N–H and O–H groups in total. The van der Waals surface area contributed by atoms with Crippen LogP contribution in [0.3, 0.4) is 0 Å². The summed E-state index contributed by atoms with van der Waals surface area (Å²) in [5.41, 5.74) is 7.55. The molecule has 27 heavy (non-hydrogen) atoms. The highest BCUT2D eigenvalue weighted by atomic mass is 35.5. The quantitative estimate of drug-likeness (QED) is 0.644. The lowest BCUT2D eigenvalue weighted by Crippen LogP contribution is -2.36. The molecule has 5 nitrogen and oxygen atoms in total. The summed E-state index contributed by atoms with van der Waals surface area (Å²) in [5.74, 6) is -0.500. The van der Waals surface area contributed by atoms with Crippen molar-refractivity contribution in [2.24, 2.45) is 0 Å². The molecular weight excluding hydrogens is 385 g/mol. The van der Waals surface area contributed by atoms with Gasteiger partial charge in [0.25, 0.3) is 11.8 Å². The van der Waals surface area contributed by atoms with Gasteiger partial charge in [0.05, 0.1) is 10.6 Å². The standard InChI is InChI=1S/C20H22ClN3O2.ClH/c21-18-10-9-16(24-19(25)13-5-4-6-14(22)11-13)12-17(18)20(26)23-15-7-2-1-3-8-15;/h4-6,9-12,15H,1-3,7-8,22H2,(H,23,26)(H,24,25);1H. The molecule has 0 atom stereocenters. The van der Waals surface area contributed by atoms with Crippen LogP contribution in [-0.2, 0) is 0 Å². The Morgan fingerprint density at radius 2 is 1.74 bits per heavy atom. The highest BCUT2D eigenvalue weighted by molar-refractivity contribution is 6.34. The van der Waals surface area contributed by atoms with Gasteiger partial charge in [-0.05, 0) is 49.2 Å². The third-order valence-electron chi connectivity index (χ3n) is 4.56. The van der Waals surface area contributed by atoms with Crippen LogP contribution in [0.2, 0.25) is 5.02 Å². The number of hydrogen-bond donors (Lipinski definition) is 3. The maximum absolute atomic E-state index is 12.6. The van der Waals surface area contributed by atoms with E-state index in [1.165, 1.54) is 6.42 Å². The Labute approximate surface area is 170 Å². The van der Waals surface area contributed by atoms with Crippen molar-refractivity contribution < 1.29 is 9.59 Å². The lowest BCUT2D eigenvalue weighted by Gasteiger charge is -2.23. The number of carbonyl (C=O) groups is 2. The van der Waals surface area contributed by atoms with Gasteiger partial charge in [-0.25, -0.2) is 0 Å². The maximum atomic E-state index is 12.6. The molecule has 0 radical (unpaired) electrons. The van der Waals surface area contributed by atoms with Crippen LogP contribution in [0.1, 0.15) is 52.8 Å². The summed E-state index contributed by atoms with van der Waals surface area (Å²) in [6, 6.07) is 11.8. The van der Waals surface area contributed by atoms with Gasteiger partial charge in [-0.3, -0.25) is 9.59 Å². The van der Waals surface area contributed by atoms with Crippen molar-refractivity contribution in [2.75, 3.05) is 11.1 Å². The Morgan fingerprint density at radius 3 is 2.44 bits per heavy atom. The Bertz CT molecular complexity index is 821. The van der Waals surface area contributed by atoms with Crippen LogP contribution in [0.4, 0.5) is 11.4 Å². The zero-order chi connectivity index (χ0) is 18.5. The second-order valence-electron chi connectivity index (χ2n) is 6.58. The molecule has 2 aromatic carbocycles. The highest BCUT2D eigenvalue weighted by Gasteiger charge is 2.19. The summed E-state index contributed by atoms with van der Waals surface area (Å²) < 4.78 is 0. The van der Waals surface area contributed by atoms with E-state index in [1.54, 1.807) is 42.5 Å². The molecule has 0 spiro atoms. The second-order valence-corrected chi connectivity index (χ2v) is 6.99. The topological polar surface area (TPSA) is 84.2 Å². The zero-order valence-electron chi connectivity index (χ0n) is 14.8. The number of nitrogen functional groups attached to an aromatic ring is 1. The van der Waals surface area contributed by atoms with Crippen LogP contribution in [-0.4, -0.2) is 17.9 Å². The largest absolute Gasteiger partial charge is 0.399 e. The number of carbonyl (C=O) groups excluding carboxylic acids is 2. The monoisotopic (exact) mass is 407 g/mol. The van der Waals surface area contributed by atoms with Gasteiger partial charge < -0.3 is 16.4 Å². The minimum atomic E-state index is -0.293. The minimum Gasteiger partial charge on any atom is -0.399 e. The first-order valence-corrected chi connectivity index (χ1v) is 9.18. The van der Waals surface area contributed by atoms with Crippen molar-refractivity contribution in [3.05, 3.63) is 58.6 Å². The van der Waals surface area contributed by atoms with E-state index in [2.05, 4.69) is 10.6 Å². The van der Waals surface area contributed by atoms with Crippen molar-refractivity contribution in [2.45, 2.75) is 38.1 Å². The van der Waals surface area contributed by atoms with Crippen LogP contribution in [0.15, 0.2) is 42.5 Å². The second kappa shape index (κ2) is 9.62. The van der Waals surface area contributed by atoms with Gasteiger partial charge in [-0.15, -0.1) is 12.4 Å². The van der Waals surface area contributed by atoms with E-state index < -0.39 is 0 Å². The molecule has 7 heteroatoms. The molecule has 1 aliphatic rings. The van der Waals surface area contributed by atoms with Crippen molar-refractivity contribution in [3.63, 3.8) is 0 Å². The Hall–Kier alpha value is -2.24. The fourth-order valence-corrected chi connectivity index (χ4v) is 3.37. The SMILES string of the molecule is Cl.Nc1cccc(C(=O)Nc2ccc(Cl)c(C(=O)NC3CCCCC3)c2)c1. The third-order valence-corrected chi connectivity index (χ3v) is 4.89. The summed E-state index contributed by atoms with van der Waals surface area (Å²) in [7, 11) is 0. The lowest BCUT2D eigenvalue weighted by molar-refractivity contribution is 0.0926. The van der Waals surface area contributed by atoms with Gasteiger partial charge >= 0.3 is 0 Å². The number of nitrogens with two attached hydrogens (primary N) is 1. The number of benzene rings is 2. The first-order valence-electron chi connectivity index (χ1n) is 8.80. The van der Waals surface area contributed by atoms with E-state index in [-0.39, 0.29) is 30.3 Å². The smallest absolute Gasteiger partial charge is 0.255 e. The molecule has 3 rings (SSSR count). The van der Waals surface area contributed by atoms with Crippen LogP contribution < -0.4 is 16.4 Å². The molecule has 0 saturated heterocycles. The molecule has 0 aromatic heterocycles. The summed E-state index contributed by atoms with van der Waals surface area (Å²) in [5, 5.41) is 6.18. The third kappa shape index (κ3) is 5.62. The van der Waals surface area contributed by atoms with E-state index >= 15 is 0 Å². The predicted octanol–water partition coefficient (Wildman–Crippen LogP) is 4.66. The first-order chi connectivity index (χ1) is 12.5. The highest BCUT2D eigenvalue weighted by Crippen LogP contribution is 2.23. The molecule has 1 fully saturated rings. The fourth-order valence-electron chi connectivity index (χ4n) is 3.17. The van der Waals surface area contributed by atoms with E-state index in [0.29, 0.717) is 27.5 Å². The minimum absolute atomic E-state index is 0. The fraction of sp³-hybridized carbons (Fsp3) is 0.300. The number of amides is 2. The Morgan fingerprint density at radius 1 is 1.00 bits per heavy atom. The molecule has 0 heterocycles. The van der Waals surface area contributed by atoms with Crippen molar-refractivity contribution in [1.82, 2.24) is 5.32 Å². The molecule has 1 saturated carbocycles. The number of hydrogen-bond acceptors (Lipinski definition) is 3. The van der Waals surface area contributed by atoms with Gasteiger partial charge in [-0.1, -0.05) is 36.9 Å². The first kappa shape index (κ1) is 21.1. The van der Waals surface area contributed by atoms with E-state index in [1.807, 2.05) is 0 Å². The van der Waals surface area contributed by atoms with Crippen molar-refractivity contribution in [3.8, 4) is 0 Å². The van der Waals surface area contributed by atoms with Gasteiger partial charge in [-0.2, -0.15) is 0 Å². The van der Waals surface area contributed by atoms with E-state index in [9.17, 15) is 9.59 Å². The number of anilines is 2. The van der Waals surface area contributed by atoms with Crippen molar-refractivity contribution in [1.29, 1.82) is 0 Å². The van der Waals surface area contributed by atoms with Crippen LogP contribution >= 0.6 is 24.0 Å². The van der Waals surface area contributed by atoms with Crippen LogP contribution in [0.25, 0.3) is 0 Å². The van der Waals surface area contributed by atoms with E-state index in [4.69, 9.17) is 17.3 Å². The molecule has 2 aromatic rings. The lowest BCUT2D eigenvalue weighted by atomic mass is 9.95. The molecule has 0 aliphatic heterocycles. The van der Waals surface area contributed by atoms with Gasteiger partial charge in [0.1, 0.15) is 0 Å². The van der Waals surface area contributed by atoms with Gasteiger partial charge in [0, 0.05) is 23.0 Å². The van der Waals surface area contributed by atoms with Gasteiger partial charge in [0.15, 0.2) is 0 Å². The maximum Gasteiger partial charge on any atom is 0.255 e. The molecule has 0 bridgehead atoms. The zero-order valence-corrected chi connectivity index (χ0v) is 16.4. The molecule has 144 valence electrons.